The molecule has 1 aliphatic heterocycles. The topological polar surface area (TPSA) is 69.0 Å². The number of benzene rings is 2. The third-order valence-corrected chi connectivity index (χ3v) is 5.50. The lowest BCUT2D eigenvalue weighted by Gasteiger charge is -2.32. The van der Waals surface area contributed by atoms with Crippen molar-refractivity contribution in [1.82, 2.24) is 4.98 Å². The van der Waals surface area contributed by atoms with Crippen LogP contribution in [0.1, 0.15) is 12.0 Å². The van der Waals surface area contributed by atoms with Crippen LogP contribution in [0.5, 0.6) is 5.75 Å². The molecule has 1 aliphatic rings. The summed E-state index contributed by atoms with van der Waals surface area (Å²) < 4.78 is 41.3. The third kappa shape index (κ3) is 3.57. The molecule has 0 bridgehead atoms. The Hall–Kier alpha value is -2.62. The Labute approximate surface area is 172 Å². The predicted octanol–water partition coefficient (Wildman–Crippen LogP) is 5.03. The summed E-state index contributed by atoms with van der Waals surface area (Å²) in [7, 11) is 0. The van der Waals surface area contributed by atoms with Gasteiger partial charge in [0, 0.05) is 16.0 Å². The molecule has 2 N–H and O–H groups in total. The molecule has 5 nitrogen and oxygen atoms in total. The Morgan fingerprint density at radius 2 is 1.83 bits per heavy atom. The van der Waals surface area contributed by atoms with Crippen LogP contribution in [0.25, 0.3) is 11.3 Å². The van der Waals surface area contributed by atoms with Gasteiger partial charge in [-0.25, -0.2) is 4.98 Å². The second kappa shape index (κ2) is 7.01. The lowest BCUT2D eigenvalue weighted by molar-refractivity contribution is -0.254. The molecule has 0 spiro atoms. The SMILES string of the molecule is Oc1cccc(-c2csc(N3N=C(c4ccc(Cl)cc4)CC3(O)C(F)(F)F)n2)c1. The number of aliphatic hydroxyl groups is 1. The van der Waals surface area contributed by atoms with E-state index in [9.17, 15) is 23.4 Å². The summed E-state index contributed by atoms with van der Waals surface area (Å²) >= 11 is 6.75. The first-order chi connectivity index (χ1) is 13.7. The fourth-order valence-electron chi connectivity index (χ4n) is 2.93. The highest BCUT2D eigenvalue weighted by molar-refractivity contribution is 7.14. The Morgan fingerprint density at radius 3 is 2.48 bits per heavy atom. The zero-order valence-corrected chi connectivity index (χ0v) is 16.1. The first-order valence-corrected chi connectivity index (χ1v) is 9.61. The number of phenolic OH excluding ortho intramolecular Hbond substituents is 1. The van der Waals surface area contributed by atoms with E-state index >= 15 is 0 Å². The molecule has 1 aromatic heterocycles. The summed E-state index contributed by atoms with van der Waals surface area (Å²) in [6, 6.07) is 12.4. The Kier molecular flexibility index (Phi) is 4.76. The molecule has 3 aromatic rings. The number of alkyl halides is 3. The van der Waals surface area contributed by atoms with E-state index in [4.69, 9.17) is 11.6 Å². The first kappa shape index (κ1) is 19.7. The molecule has 0 radical (unpaired) electrons. The summed E-state index contributed by atoms with van der Waals surface area (Å²) in [5.74, 6) is 0.00747. The number of anilines is 1. The number of halogens is 4. The van der Waals surface area contributed by atoms with Gasteiger partial charge in [0.2, 0.25) is 5.13 Å². The fourth-order valence-corrected chi connectivity index (χ4v) is 3.90. The highest BCUT2D eigenvalue weighted by Gasteiger charge is 2.62. The summed E-state index contributed by atoms with van der Waals surface area (Å²) in [5.41, 5.74) is -1.85. The molecule has 0 amide bonds. The molecule has 4 rings (SSSR count). The number of hydrogen-bond acceptors (Lipinski definition) is 6. The largest absolute Gasteiger partial charge is 0.508 e. The molecular formula is C19H13ClF3N3O2S. The molecule has 29 heavy (non-hydrogen) atoms. The minimum Gasteiger partial charge on any atom is -0.508 e. The standard InChI is InChI=1S/C19H13ClF3N3O2S/c20-13-6-4-11(5-7-13)15-9-18(28,19(21,22)23)26(25-15)17-24-16(10-29-17)12-2-1-3-14(27)8-12/h1-8,10,27-28H,9H2. The van der Waals surface area contributed by atoms with Gasteiger partial charge in [0.05, 0.1) is 17.8 Å². The van der Waals surface area contributed by atoms with Crippen molar-refractivity contribution in [1.29, 1.82) is 0 Å². The highest BCUT2D eigenvalue weighted by Crippen LogP contribution is 2.45. The Balaban J connectivity index is 1.75. The molecule has 0 aliphatic carbocycles. The van der Waals surface area contributed by atoms with Crippen LogP contribution in [0, 0.1) is 0 Å². The van der Waals surface area contributed by atoms with Crippen molar-refractivity contribution in [2.45, 2.75) is 18.3 Å². The number of thiazole rings is 1. The maximum Gasteiger partial charge on any atom is 0.438 e. The van der Waals surface area contributed by atoms with E-state index in [-0.39, 0.29) is 16.6 Å². The van der Waals surface area contributed by atoms with Crippen LogP contribution in [0.15, 0.2) is 59.0 Å². The third-order valence-electron chi connectivity index (χ3n) is 4.43. The van der Waals surface area contributed by atoms with Gasteiger partial charge in [0.1, 0.15) is 5.75 Å². The minimum absolute atomic E-state index is 0.00747. The lowest BCUT2D eigenvalue weighted by Crippen LogP contribution is -2.55. The molecule has 10 heteroatoms. The minimum atomic E-state index is -4.97. The van der Waals surface area contributed by atoms with Crippen molar-refractivity contribution < 1.29 is 23.4 Å². The van der Waals surface area contributed by atoms with Crippen molar-refractivity contribution in [2.75, 3.05) is 5.01 Å². The smallest absolute Gasteiger partial charge is 0.438 e. The van der Waals surface area contributed by atoms with Crippen molar-refractivity contribution in [3.8, 4) is 17.0 Å². The van der Waals surface area contributed by atoms with Crippen LogP contribution in [0.2, 0.25) is 5.02 Å². The van der Waals surface area contributed by atoms with Crippen LogP contribution < -0.4 is 5.01 Å². The van der Waals surface area contributed by atoms with Crippen LogP contribution in [0.4, 0.5) is 18.3 Å². The summed E-state index contributed by atoms with van der Waals surface area (Å²) in [6.07, 6.45) is -5.72. The number of phenols is 1. The molecule has 0 saturated carbocycles. The molecule has 1 unspecified atom stereocenters. The van der Waals surface area contributed by atoms with E-state index in [0.717, 1.165) is 11.3 Å². The molecule has 0 saturated heterocycles. The number of hydrogen-bond donors (Lipinski definition) is 2. The zero-order valence-electron chi connectivity index (χ0n) is 14.6. The highest BCUT2D eigenvalue weighted by atomic mass is 35.5. The maximum absolute atomic E-state index is 13.8. The molecular weight excluding hydrogens is 427 g/mol. The number of rotatable bonds is 3. The molecule has 2 heterocycles. The zero-order chi connectivity index (χ0) is 20.8. The van der Waals surface area contributed by atoms with E-state index in [1.54, 1.807) is 24.3 Å². The predicted molar refractivity (Wildman–Crippen MR) is 105 cm³/mol. The maximum atomic E-state index is 13.8. The lowest BCUT2D eigenvalue weighted by atomic mass is 10.0. The second-order valence-electron chi connectivity index (χ2n) is 6.42. The van der Waals surface area contributed by atoms with Gasteiger partial charge in [-0.2, -0.15) is 23.3 Å². The van der Waals surface area contributed by atoms with Gasteiger partial charge in [-0.05, 0) is 29.8 Å². The number of nitrogens with zero attached hydrogens (tertiary/aromatic N) is 3. The average molecular weight is 440 g/mol. The second-order valence-corrected chi connectivity index (χ2v) is 7.70. The van der Waals surface area contributed by atoms with E-state index < -0.39 is 18.3 Å². The van der Waals surface area contributed by atoms with E-state index in [1.165, 1.54) is 29.6 Å². The quantitative estimate of drug-likeness (QED) is 0.600. The Morgan fingerprint density at radius 1 is 1.10 bits per heavy atom. The summed E-state index contributed by atoms with van der Waals surface area (Å²) in [4.78, 5) is 4.20. The van der Waals surface area contributed by atoms with Crippen molar-refractivity contribution in [3.63, 3.8) is 0 Å². The average Bonchev–Trinajstić information content (AvgIpc) is 3.27. The van der Waals surface area contributed by atoms with Crippen LogP contribution in [-0.4, -0.2) is 32.8 Å². The summed E-state index contributed by atoms with van der Waals surface area (Å²) in [6.45, 7) is 0. The van der Waals surface area contributed by atoms with E-state index in [1.807, 2.05) is 0 Å². The van der Waals surface area contributed by atoms with Gasteiger partial charge < -0.3 is 10.2 Å². The van der Waals surface area contributed by atoms with Crippen LogP contribution >= 0.6 is 22.9 Å². The number of aromatic nitrogens is 1. The Bertz CT molecular complexity index is 1080. The van der Waals surface area contributed by atoms with Gasteiger partial charge >= 0.3 is 6.18 Å². The van der Waals surface area contributed by atoms with Crippen LogP contribution in [0.3, 0.4) is 0 Å². The number of aromatic hydroxyl groups is 1. The normalized spacial score (nSPS) is 19.5. The summed E-state index contributed by atoms with van der Waals surface area (Å²) in [5, 5.41) is 26.5. The van der Waals surface area contributed by atoms with Gasteiger partial charge in [0.15, 0.2) is 0 Å². The number of hydrazone groups is 1. The van der Waals surface area contributed by atoms with Crippen LogP contribution in [-0.2, 0) is 0 Å². The fraction of sp³-hybridized carbons (Fsp3) is 0.158. The van der Waals surface area contributed by atoms with Gasteiger partial charge in [-0.3, -0.25) is 0 Å². The van der Waals surface area contributed by atoms with Crippen molar-refractivity contribution in [2.24, 2.45) is 5.10 Å². The van der Waals surface area contributed by atoms with Crippen molar-refractivity contribution in [3.05, 3.63) is 64.5 Å². The molecule has 0 fully saturated rings. The monoisotopic (exact) mass is 439 g/mol. The molecule has 1 atom stereocenters. The molecule has 150 valence electrons. The first-order valence-electron chi connectivity index (χ1n) is 8.35. The van der Waals surface area contributed by atoms with Crippen molar-refractivity contribution >= 4 is 33.8 Å². The van der Waals surface area contributed by atoms with Gasteiger partial charge in [-0.15, -0.1) is 11.3 Å². The van der Waals surface area contributed by atoms with Gasteiger partial charge in [0.25, 0.3) is 5.72 Å². The van der Waals surface area contributed by atoms with E-state index in [2.05, 4.69) is 10.1 Å². The molecule has 2 aromatic carbocycles. The van der Waals surface area contributed by atoms with Gasteiger partial charge in [-0.1, -0.05) is 35.9 Å². The van der Waals surface area contributed by atoms with E-state index in [0.29, 0.717) is 26.9 Å².